The maximum absolute atomic E-state index is 13.7. The van der Waals surface area contributed by atoms with Crippen LogP contribution in [0.3, 0.4) is 0 Å². The molecule has 0 radical (unpaired) electrons. The van der Waals surface area contributed by atoms with Gasteiger partial charge in [-0.15, -0.1) is 0 Å². The Kier molecular flexibility index (Phi) is 4.31. The minimum absolute atomic E-state index is 0.150. The number of nitrogens with one attached hydrogen (secondary N) is 1. The van der Waals surface area contributed by atoms with E-state index in [4.69, 9.17) is 5.73 Å². The molecule has 7 heteroatoms. The molecular weight excluding hydrogens is 271 g/mol. The zero-order chi connectivity index (χ0) is 14.8. The fourth-order valence-electron chi connectivity index (χ4n) is 1.50. The minimum atomic E-state index is -3.54. The van der Waals surface area contributed by atoms with Gasteiger partial charge in [-0.1, -0.05) is 19.6 Å². The van der Waals surface area contributed by atoms with Gasteiger partial charge in [0, 0.05) is 11.5 Å². The number of anilines is 1. The van der Waals surface area contributed by atoms with E-state index in [2.05, 4.69) is 11.3 Å². The van der Waals surface area contributed by atoms with Gasteiger partial charge >= 0.3 is 0 Å². The first-order chi connectivity index (χ1) is 8.61. The van der Waals surface area contributed by atoms with E-state index in [1.165, 1.54) is 12.1 Å². The molecule has 1 amide bonds. The molecule has 1 atom stereocenters. The second-order valence-electron chi connectivity index (χ2n) is 4.22. The molecular formula is C12H15FN2O3S. The summed E-state index contributed by atoms with van der Waals surface area (Å²) in [5, 5.41) is 0. The standard InChI is InChI=1S/C12H15FN2O3S/c1-7(8(2)12(14)16)9-4-5-11(10(13)6-9)15-19(3,17)18/h4-7,15H,2H2,1,3H3,(H2,14,16). The third-order valence-corrected chi connectivity index (χ3v) is 3.22. The molecule has 0 aromatic heterocycles. The first-order valence-corrected chi connectivity index (χ1v) is 7.27. The van der Waals surface area contributed by atoms with Crippen molar-refractivity contribution in [2.45, 2.75) is 12.8 Å². The zero-order valence-electron chi connectivity index (χ0n) is 10.6. The predicted molar refractivity (Wildman–Crippen MR) is 71.6 cm³/mol. The summed E-state index contributed by atoms with van der Waals surface area (Å²) in [6.45, 7) is 5.19. The fraction of sp³-hybridized carbons (Fsp3) is 0.250. The number of rotatable bonds is 5. The number of hydrogen-bond acceptors (Lipinski definition) is 3. The molecule has 0 heterocycles. The summed E-state index contributed by atoms with van der Waals surface area (Å²) < 4.78 is 37.8. The van der Waals surface area contributed by atoms with Gasteiger partial charge in [-0.3, -0.25) is 9.52 Å². The van der Waals surface area contributed by atoms with Crippen molar-refractivity contribution in [3.63, 3.8) is 0 Å². The van der Waals surface area contributed by atoms with Crippen molar-refractivity contribution in [2.24, 2.45) is 5.73 Å². The average Bonchev–Trinajstić information content (AvgIpc) is 2.28. The normalized spacial score (nSPS) is 12.8. The number of amides is 1. The Balaban J connectivity index is 3.06. The van der Waals surface area contributed by atoms with Gasteiger partial charge in [0.1, 0.15) is 5.82 Å². The Labute approximate surface area is 111 Å². The van der Waals surface area contributed by atoms with Gasteiger partial charge in [-0.25, -0.2) is 12.8 Å². The third-order valence-electron chi connectivity index (χ3n) is 2.63. The highest BCUT2D eigenvalue weighted by Crippen LogP contribution is 2.26. The summed E-state index contributed by atoms with van der Waals surface area (Å²) in [4.78, 5) is 11.0. The highest BCUT2D eigenvalue weighted by atomic mass is 32.2. The molecule has 1 aromatic carbocycles. The van der Waals surface area contributed by atoms with Crippen LogP contribution < -0.4 is 10.5 Å². The molecule has 19 heavy (non-hydrogen) atoms. The Bertz CT molecular complexity index is 626. The lowest BCUT2D eigenvalue weighted by molar-refractivity contribution is -0.114. The van der Waals surface area contributed by atoms with E-state index < -0.39 is 27.7 Å². The summed E-state index contributed by atoms with van der Waals surface area (Å²) in [5.74, 6) is -1.84. The molecule has 0 saturated heterocycles. The predicted octanol–water partition coefficient (Wildman–Crippen LogP) is 1.34. The number of benzene rings is 1. The van der Waals surface area contributed by atoms with Gasteiger partial charge in [0.25, 0.3) is 0 Å². The minimum Gasteiger partial charge on any atom is -0.366 e. The van der Waals surface area contributed by atoms with E-state index in [0.717, 1.165) is 12.3 Å². The van der Waals surface area contributed by atoms with E-state index in [1.54, 1.807) is 6.92 Å². The van der Waals surface area contributed by atoms with E-state index in [0.29, 0.717) is 5.56 Å². The first-order valence-electron chi connectivity index (χ1n) is 5.37. The van der Waals surface area contributed by atoms with Crippen LogP contribution in [-0.2, 0) is 14.8 Å². The summed E-state index contributed by atoms with van der Waals surface area (Å²) in [7, 11) is -3.54. The van der Waals surface area contributed by atoms with Gasteiger partial charge in [-0.2, -0.15) is 0 Å². The first kappa shape index (κ1) is 15.2. The summed E-state index contributed by atoms with van der Waals surface area (Å²) >= 11 is 0. The van der Waals surface area contributed by atoms with Crippen LogP contribution >= 0.6 is 0 Å². The van der Waals surface area contributed by atoms with Crippen LogP contribution in [0.4, 0.5) is 10.1 Å². The number of carbonyl (C=O) groups excluding carboxylic acids is 1. The van der Waals surface area contributed by atoms with Gasteiger partial charge < -0.3 is 5.73 Å². The van der Waals surface area contributed by atoms with Gasteiger partial charge in [0.15, 0.2) is 0 Å². The number of hydrogen-bond donors (Lipinski definition) is 2. The molecule has 0 aliphatic rings. The van der Waals surface area contributed by atoms with Crippen LogP contribution in [0.15, 0.2) is 30.4 Å². The number of carbonyl (C=O) groups is 1. The van der Waals surface area contributed by atoms with Crippen LogP contribution in [-0.4, -0.2) is 20.6 Å². The van der Waals surface area contributed by atoms with Crippen molar-refractivity contribution in [2.75, 3.05) is 11.0 Å². The second-order valence-corrected chi connectivity index (χ2v) is 5.97. The van der Waals surface area contributed by atoms with Crippen molar-refractivity contribution < 1.29 is 17.6 Å². The monoisotopic (exact) mass is 286 g/mol. The second kappa shape index (κ2) is 5.40. The smallest absolute Gasteiger partial charge is 0.244 e. The van der Waals surface area contributed by atoms with Crippen LogP contribution in [0.5, 0.6) is 0 Å². The number of sulfonamides is 1. The van der Waals surface area contributed by atoms with Crippen LogP contribution in [0.2, 0.25) is 0 Å². The van der Waals surface area contributed by atoms with Crippen molar-refractivity contribution in [1.82, 2.24) is 0 Å². The van der Waals surface area contributed by atoms with Crippen molar-refractivity contribution in [3.05, 3.63) is 41.7 Å². The molecule has 0 bridgehead atoms. The number of halogens is 1. The average molecular weight is 286 g/mol. The molecule has 1 unspecified atom stereocenters. The topological polar surface area (TPSA) is 89.3 Å². The Hall–Kier alpha value is -1.89. The van der Waals surface area contributed by atoms with Gasteiger partial charge in [-0.05, 0) is 17.7 Å². The lowest BCUT2D eigenvalue weighted by atomic mass is 9.93. The lowest BCUT2D eigenvalue weighted by Gasteiger charge is -2.14. The van der Waals surface area contributed by atoms with Gasteiger partial charge in [0.2, 0.25) is 15.9 Å². The molecule has 0 spiro atoms. The van der Waals surface area contributed by atoms with Crippen molar-refractivity contribution >= 4 is 21.6 Å². The highest BCUT2D eigenvalue weighted by Gasteiger charge is 2.16. The number of primary amides is 1. The number of nitrogens with two attached hydrogens (primary N) is 1. The molecule has 3 N–H and O–H groups in total. The molecule has 0 saturated carbocycles. The van der Waals surface area contributed by atoms with Crippen LogP contribution in [0, 0.1) is 5.82 Å². The van der Waals surface area contributed by atoms with E-state index in [9.17, 15) is 17.6 Å². The quantitative estimate of drug-likeness (QED) is 0.800. The maximum Gasteiger partial charge on any atom is 0.244 e. The molecule has 104 valence electrons. The Morgan fingerprint density at radius 1 is 1.47 bits per heavy atom. The molecule has 0 fully saturated rings. The third kappa shape index (κ3) is 4.06. The zero-order valence-corrected chi connectivity index (χ0v) is 11.4. The Morgan fingerprint density at radius 2 is 2.05 bits per heavy atom. The fourth-order valence-corrected chi connectivity index (χ4v) is 2.06. The van der Waals surface area contributed by atoms with Crippen LogP contribution in [0.25, 0.3) is 0 Å². The van der Waals surface area contributed by atoms with Crippen molar-refractivity contribution in [1.29, 1.82) is 0 Å². The maximum atomic E-state index is 13.7. The summed E-state index contributed by atoms with van der Waals surface area (Å²) in [5.41, 5.74) is 5.59. The SMILES string of the molecule is C=C(C(N)=O)C(C)c1ccc(NS(C)(=O)=O)c(F)c1. The summed E-state index contributed by atoms with van der Waals surface area (Å²) in [6.07, 6.45) is 0.928. The molecule has 0 aliphatic carbocycles. The molecule has 1 aromatic rings. The Morgan fingerprint density at radius 3 is 2.47 bits per heavy atom. The van der Waals surface area contributed by atoms with E-state index >= 15 is 0 Å². The van der Waals surface area contributed by atoms with Gasteiger partial charge in [0.05, 0.1) is 11.9 Å². The van der Waals surface area contributed by atoms with Crippen LogP contribution in [0.1, 0.15) is 18.4 Å². The summed E-state index contributed by atoms with van der Waals surface area (Å²) in [6, 6.07) is 3.94. The highest BCUT2D eigenvalue weighted by molar-refractivity contribution is 7.92. The molecule has 5 nitrogen and oxygen atoms in total. The lowest BCUT2D eigenvalue weighted by Crippen LogP contribution is -2.17. The largest absolute Gasteiger partial charge is 0.366 e. The molecule has 0 aliphatic heterocycles. The van der Waals surface area contributed by atoms with E-state index in [-0.39, 0.29) is 11.3 Å². The van der Waals surface area contributed by atoms with Crippen molar-refractivity contribution in [3.8, 4) is 0 Å². The van der Waals surface area contributed by atoms with E-state index in [1.807, 2.05) is 0 Å². The molecule has 1 rings (SSSR count).